The summed E-state index contributed by atoms with van der Waals surface area (Å²) < 4.78 is 57.5. The van der Waals surface area contributed by atoms with Crippen molar-refractivity contribution in [3.05, 3.63) is 88.0 Å². The molecule has 350 valence electrons. The summed E-state index contributed by atoms with van der Waals surface area (Å²) in [4.78, 5) is 0. The lowest BCUT2D eigenvalue weighted by atomic mass is 9.73. The van der Waals surface area contributed by atoms with Crippen molar-refractivity contribution in [2.45, 2.75) is 119 Å². The second kappa shape index (κ2) is 19.1. The molecule has 3 aromatic rings. The maximum Gasteiger partial charge on any atom is 0.530 e. The van der Waals surface area contributed by atoms with Gasteiger partial charge >= 0.3 is 8.60 Å². The zero-order valence-corrected chi connectivity index (χ0v) is 40.7. The second-order valence-corrected chi connectivity index (χ2v) is 22.3. The quantitative estimate of drug-likeness (QED) is 0.0816. The van der Waals surface area contributed by atoms with Crippen LogP contribution >= 0.6 is 8.60 Å². The summed E-state index contributed by atoms with van der Waals surface area (Å²) in [5.41, 5.74) is 8.31. The molecule has 64 heavy (non-hydrogen) atoms. The van der Waals surface area contributed by atoms with E-state index in [1.54, 1.807) is 0 Å². The van der Waals surface area contributed by atoms with Gasteiger partial charge in [0, 0.05) is 32.5 Å². The van der Waals surface area contributed by atoms with E-state index in [2.05, 4.69) is 96.1 Å². The Kier molecular flexibility index (Phi) is 13.8. The van der Waals surface area contributed by atoms with Crippen molar-refractivity contribution in [3.63, 3.8) is 0 Å². The molecule has 0 aromatic heterocycles. The molecule has 0 amide bonds. The van der Waals surface area contributed by atoms with E-state index in [1.807, 2.05) is 0 Å². The van der Waals surface area contributed by atoms with Crippen LogP contribution in [0.2, 0.25) is 0 Å². The van der Waals surface area contributed by atoms with Crippen molar-refractivity contribution in [1.82, 2.24) is 0 Å². The molecule has 6 saturated heterocycles. The largest absolute Gasteiger partial charge is 0.530 e. The summed E-state index contributed by atoms with van der Waals surface area (Å²) in [5, 5.41) is 0. The van der Waals surface area contributed by atoms with Crippen molar-refractivity contribution < 1.29 is 42.0 Å². The smallest absolute Gasteiger partial charge is 0.408 e. The van der Waals surface area contributed by atoms with Gasteiger partial charge < -0.3 is 42.0 Å². The lowest BCUT2D eigenvalue weighted by Gasteiger charge is -2.44. The summed E-state index contributed by atoms with van der Waals surface area (Å²) in [7, 11) is -2.02. The summed E-state index contributed by atoms with van der Waals surface area (Å²) in [6.45, 7) is 23.1. The van der Waals surface area contributed by atoms with Crippen LogP contribution in [-0.4, -0.2) is 79.3 Å². The monoisotopic (exact) mass is 899 g/mol. The van der Waals surface area contributed by atoms with Crippen LogP contribution < -0.4 is 13.6 Å². The maximum absolute atomic E-state index is 7.40. The van der Waals surface area contributed by atoms with Crippen LogP contribution in [0.3, 0.4) is 0 Å². The van der Waals surface area contributed by atoms with E-state index in [0.717, 1.165) is 174 Å². The van der Waals surface area contributed by atoms with Gasteiger partial charge in [-0.3, -0.25) is 0 Å². The standard InChI is InChI=1S/C54H75O9P/c1-7-49(28-55-29-49)22-40-16-13-19-46(43(40)25-52(10-4)34-58-35-52)61-64(62-47-20-14-17-41(23-50(8-2)30-56-31-50)44(47)26-53(11-5)36-59-37-53)63-48-21-15-18-42(24-51(9-3)32-57-33-51)45(48)27-54(12-6)38-60-39-54/h13-21H,7-12,22-39H2,1-6H3. The van der Waals surface area contributed by atoms with Gasteiger partial charge in [-0.05, 0) is 129 Å². The molecule has 0 aliphatic carbocycles. The number of hydrogen-bond acceptors (Lipinski definition) is 9. The molecule has 6 aliphatic rings. The van der Waals surface area contributed by atoms with E-state index in [4.69, 9.17) is 42.0 Å². The average molecular weight is 899 g/mol. The minimum absolute atomic E-state index is 0.0662. The van der Waals surface area contributed by atoms with Gasteiger partial charge in [0.25, 0.3) is 0 Å². The predicted molar refractivity (Wildman–Crippen MR) is 252 cm³/mol. The highest BCUT2D eigenvalue weighted by atomic mass is 31.2. The van der Waals surface area contributed by atoms with Gasteiger partial charge in [-0.15, -0.1) is 0 Å². The van der Waals surface area contributed by atoms with E-state index in [-0.39, 0.29) is 32.5 Å². The van der Waals surface area contributed by atoms with Crippen molar-refractivity contribution >= 4 is 8.60 Å². The molecule has 0 bridgehead atoms. The van der Waals surface area contributed by atoms with Crippen LogP contribution in [-0.2, 0) is 66.9 Å². The molecule has 0 unspecified atom stereocenters. The van der Waals surface area contributed by atoms with E-state index in [1.165, 1.54) is 33.4 Å². The van der Waals surface area contributed by atoms with Crippen molar-refractivity contribution in [2.75, 3.05) is 79.3 Å². The van der Waals surface area contributed by atoms with Crippen molar-refractivity contribution in [1.29, 1.82) is 0 Å². The molecule has 0 N–H and O–H groups in total. The number of hydrogen-bond donors (Lipinski definition) is 0. The van der Waals surface area contributed by atoms with Crippen LogP contribution in [0.1, 0.15) is 113 Å². The maximum atomic E-state index is 7.40. The molecule has 10 heteroatoms. The van der Waals surface area contributed by atoms with Crippen LogP contribution in [0, 0.1) is 32.5 Å². The molecule has 0 spiro atoms. The summed E-state index contributed by atoms with van der Waals surface area (Å²) in [5.74, 6) is 2.52. The van der Waals surface area contributed by atoms with Crippen LogP contribution in [0.4, 0.5) is 0 Å². The molecule has 6 aliphatic heterocycles. The lowest BCUT2D eigenvalue weighted by Crippen LogP contribution is -2.45. The molecular weight excluding hydrogens is 824 g/mol. The Bertz CT molecular complexity index is 1790. The molecule has 9 rings (SSSR count). The third-order valence-electron chi connectivity index (χ3n) is 17.0. The lowest BCUT2D eigenvalue weighted by molar-refractivity contribution is -0.117. The van der Waals surface area contributed by atoms with Gasteiger partial charge in [0.1, 0.15) is 17.2 Å². The van der Waals surface area contributed by atoms with Gasteiger partial charge in [-0.1, -0.05) is 77.9 Å². The zero-order valence-electron chi connectivity index (χ0n) is 39.8. The SMILES string of the molecule is CCC1(Cc2cccc(OP(Oc3cccc(CC4(CC)COC4)c3CC3(CC)COC3)Oc3cccc(CC4(CC)COC4)c3CC3(CC)COC3)c2CC2(CC)COC2)COC1. The first-order chi connectivity index (χ1) is 31.1. The first kappa shape index (κ1) is 46.4. The van der Waals surface area contributed by atoms with Gasteiger partial charge in [-0.25, -0.2) is 0 Å². The molecule has 9 nitrogen and oxygen atoms in total. The Balaban J connectivity index is 1.14. The molecule has 6 fully saturated rings. The first-order valence-electron chi connectivity index (χ1n) is 24.7. The highest BCUT2D eigenvalue weighted by molar-refractivity contribution is 7.43. The second-order valence-electron chi connectivity index (χ2n) is 21.3. The van der Waals surface area contributed by atoms with Crippen LogP contribution in [0.25, 0.3) is 0 Å². The summed E-state index contributed by atoms with van der Waals surface area (Å²) in [6, 6.07) is 19.9. The van der Waals surface area contributed by atoms with Gasteiger partial charge in [0.15, 0.2) is 0 Å². The third kappa shape index (κ3) is 9.27. The van der Waals surface area contributed by atoms with Gasteiger partial charge in [0.05, 0.1) is 79.3 Å². The number of benzene rings is 3. The zero-order chi connectivity index (χ0) is 44.5. The summed E-state index contributed by atoms with van der Waals surface area (Å²) >= 11 is 0. The molecule has 0 saturated carbocycles. The number of rotatable bonds is 24. The average Bonchev–Trinajstić information content (AvgIpc) is 3.22. The molecular formula is C54H75O9P. The molecule has 6 heterocycles. The minimum atomic E-state index is -2.02. The molecule has 3 aromatic carbocycles. The fourth-order valence-electron chi connectivity index (χ4n) is 10.8. The normalized spacial score (nSPS) is 22.7. The summed E-state index contributed by atoms with van der Waals surface area (Å²) in [6.07, 6.45) is 11.8. The van der Waals surface area contributed by atoms with E-state index >= 15 is 0 Å². The fraction of sp³-hybridized carbons (Fsp3) is 0.667. The van der Waals surface area contributed by atoms with E-state index in [0.29, 0.717) is 0 Å². The van der Waals surface area contributed by atoms with Crippen molar-refractivity contribution in [3.8, 4) is 17.2 Å². The van der Waals surface area contributed by atoms with Gasteiger partial charge in [-0.2, -0.15) is 0 Å². The molecule has 0 radical (unpaired) electrons. The Morgan fingerprint density at radius 3 is 0.750 bits per heavy atom. The Morgan fingerprint density at radius 2 is 0.562 bits per heavy atom. The first-order valence-corrected chi connectivity index (χ1v) is 25.8. The highest BCUT2D eigenvalue weighted by Crippen LogP contribution is 2.52. The van der Waals surface area contributed by atoms with Crippen LogP contribution in [0.15, 0.2) is 54.6 Å². The van der Waals surface area contributed by atoms with Crippen LogP contribution in [0.5, 0.6) is 17.2 Å². The molecule has 0 atom stereocenters. The Labute approximate surface area is 384 Å². The third-order valence-corrected chi connectivity index (χ3v) is 18.0. The highest BCUT2D eigenvalue weighted by Gasteiger charge is 2.45. The topological polar surface area (TPSA) is 83.1 Å². The Morgan fingerprint density at radius 1 is 0.344 bits per heavy atom. The van der Waals surface area contributed by atoms with E-state index < -0.39 is 8.60 Å². The Hall–Kier alpha value is -2.75. The minimum Gasteiger partial charge on any atom is -0.408 e. The number of ether oxygens (including phenoxy) is 6. The van der Waals surface area contributed by atoms with Gasteiger partial charge in [0.2, 0.25) is 0 Å². The predicted octanol–water partition coefficient (Wildman–Crippen LogP) is 11.3. The van der Waals surface area contributed by atoms with Crippen molar-refractivity contribution in [2.24, 2.45) is 32.5 Å². The van der Waals surface area contributed by atoms with E-state index in [9.17, 15) is 0 Å². The fourth-order valence-corrected chi connectivity index (χ4v) is 11.9.